The quantitative estimate of drug-likeness (QED) is 0.655. The summed E-state index contributed by atoms with van der Waals surface area (Å²) in [7, 11) is 0. The lowest BCUT2D eigenvalue weighted by Gasteiger charge is -2.05. The number of carbonyl (C=O) groups excluding carboxylic acids is 1. The van der Waals surface area contributed by atoms with E-state index in [1.165, 1.54) is 22.5 Å². The van der Waals surface area contributed by atoms with Gasteiger partial charge >= 0.3 is 0 Å². The molecule has 0 saturated carbocycles. The molecule has 3 nitrogen and oxygen atoms in total. The van der Waals surface area contributed by atoms with Gasteiger partial charge in [0.1, 0.15) is 0 Å². The number of hydrogen-bond donors (Lipinski definition) is 0. The van der Waals surface area contributed by atoms with Crippen LogP contribution in [0.1, 0.15) is 33.6 Å². The molecule has 0 amide bonds. The van der Waals surface area contributed by atoms with E-state index in [1.54, 1.807) is 0 Å². The molecule has 0 fully saturated rings. The second-order valence-corrected chi connectivity index (χ2v) is 6.31. The molecule has 4 heteroatoms. The Labute approximate surface area is 128 Å². The highest BCUT2D eigenvalue weighted by atomic mass is 32.1. The van der Waals surface area contributed by atoms with E-state index in [0.717, 1.165) is 28.9 Å². The van der Waals surface area contributed by atoms with Crippen LogP contribution in [0.15, 0.2) is 36.0 Å². The van der Waals surface area contributed by atoms with Crippen LogP contribution in [0, 0.1) is 13.8 Å². The fraction of sp³-hybridized carbons (Fsp3) is 0.294. The number of Topliss-reactive ketones (excluding diaryl/α,β-unsaturated/α-hetero) is 1. The van der Waals surface area contributed by atoms with Gasteiger partial charge in [-0.1, -0.05) is 6.07 Å². The van der Waals surface area contributed by atoms with Crippen molar-refractivity contribution < 1.29 is 4.79 Å². The first-order chi connectivity index (χ1) is 10.1. The average Bonchev–Trinajstić information content (AvgIpc) is 3.10. The van der Waals surface area contributed by atoms with Crippen molar-refractivity contribution in [3.8, 4) is 0 Å². The summed E-state index contributed by atoms with van der Waals surface area (Å²) in [6.07, 6.45) is 3.30. The minimum absolute atomic E-state index is 0.237. The minimum Gasteiger partial charge on any atom is -0.331 e. The largest absolute Gasteiger partial charge is 0.331 e. The van der Waals surface area contributed by atoms with Crippen molar-refractivity contribution >= 4 is 28.2 Å². The summed E-state index contributed by atoms with van der Waals surface area (Å²) in [5.74, 6) is 0.237. The molecule has 0 aliphatic rings. The van der Waals surface area contributed by atoms with Crippen LogP contribution < -0.4 is 0 Å². The summed E-state index contributed by atoms with van der Waals surface area (Å²) < 4.78 is 2.14. The molecule has 0 saturated heterocycles. The van der Waals surface area contributed by atoms with Crippen molar-refractivity contribution in [2.45, 2.75) is 33.2 Å². The van der Waals surface area contributed by atoms with Crippen molar-refractivity contribution in [3.63, 3.8) is 0 Å². The number of carbonyl (C=O) groups is 1. The Bertz CT molecular complexity index is 772. The van der Waals surface area contributed by atoms with Crippen molar-refractivity contribution in [1.82, 2.24) is 9.55 Å². The third kappa shape index (κ3) is 2.90. The predicted molar refractivity (Wildman–Crippen MR) is 87.1 cm³/mol. The molecule has 0 spiro atoms. The van der Waals surface area contributed by atoms with Crippen LogP contribution >= 0.6 is 11.3 Å². The number of imidazole rings is 1. The van der Waals surface area contributed by atoms with Gasteiger partial charge in [-0.05, 0) is 55.0 Å². The van der Waals surface area contributed by atoms with Crippen LogP contribution in [0.5, 0.6) is 0 Å². The zero-order chi connectivity index (χ0) is 14.8. The fourth-order valence-corrected chi connectivity index (χ4v) is 3.16. The average molecular weight is 298 g/mol. The lowest BCUT2D eigenvalue weighted by atomic mass is 10.1. The van der Waals surface area contributed by atoms with Gasteiger partial charge in [-0.3, -0.25) is 4.79 Å². The van der Waals surface area contributed by atoms with E-state index < -0.39 is 0 Å². The maximum Gasteiger partial charge on any atom is 0.172 e. The van der Waals surface area contributed by atoms with Gasteiger partial charge in [0, 0.05) is 13.0 Å². The first-order valence-corrected chi connectivity index (χ1v) is 8.02. The van der Waals surface area contributed by atoms with E-state index in [9.17, 15) is 4.79 Å². The van der Waals surface area contributed by atoms with Gasteiger partial charge in [0.05, 0.1) is 22.2 Å². The molecule has 0 atom stereocenters. The number of thiophene rings is 1. The Balaban J connectivity index is 1.68. The molecule has 1 aromatic carbocycles. The number of aryl methyl sites for hydroxylation is 3. The third-order valence-corrected chi connectivity index (χ3v) is 4.75. The zero-order valence-corrected chi connectivity index (χ0v) is 13.1. The van der Waals surface area contributed by atoms with Crippen LogP contribution in [0.4, 0.5) is 0 Å². The Hall–Kier alpha value is -1.94. The standard InChI is InChI=1S/C17H18N2OS/c1-12-9-14-15(10-13(12)2)19(11-18-14)7-3-5-16(20)17-6-4-8-21-17/h4,6,8-11H,3,5,7H2,1-2H3. The van der Waals surface area contributed by atoms with Gasteiger partial charge in [0.15, 0.2) is 5.78 Å². The van der Waals surface area contributed by atoms with Gasteiger partial charge in [-0.2, -0.15) is 0 Å². The molecule has 108 valence electrons. The van der Waals surface area contributed by atoms with E-state index in [0.29, 0.717) is 6.42 Å². The molecule has 3 rings (SSSR count). The summed E-state index contributed by atoms with van der Waals surface area (Å²) in [6, 6.07) is 8.12. The zero-order valence-electron chi connectivity index (χ0n) is 12.3. The van der Waals surface area contributed by atoms with Gasteiger partial charge in [0.2, 0.25) is 0 Å². The maximum absolute atomic E-state index is 12.0. The topological polar surface area (TPSA) is 34.9 Å². The molecule has 0 aliphatic heterocycles. The second kappa shape index (κ2) is 5.82. The van der Waals surface area contributed by atoms with Gasteiger partial charge < -0.3 is 4.57 Å². The second-order valence-electron chi connectivity index (χ2n) is 5.37. The third-order valence-electron chi connectivity index (χ3n) is 3.84. The van der Waals surface area contributed by atoms with Gasteiger partial charge in [-0.15, -0.1) is 11.3 Å². The Morgan fingerprint density at radius 2 is 2.10 bits per heavy atom. The van der Waals surface area contributed by atoms with Crippen LogP contribution in [-0.2, 0) is 6.54 Å². The summed E-state index contributed by atoms with van der Waals surface area (Å²) in [5, 5.41) is 1.95. The van der Waals surface area contributed by atoms with Gasteiger partial charge in [-0.25, -0.2) is 4.98 Å². The number of aromatic nitrogens is 2. The summed E-state index contributed by atoms with van der Waals surface area (Å²) in [6.45, 7) is 5.05. The SMILES string of the molecule is Cc1cc2ncn(CCCC(=O)c3cccs3)c2cc1C. The Morgan fingerprint density at radius 1 is 1.29 bits per heavy atom. The van der Waals surface area contributed by atoms with Crippen LogP contribution in [0.3, 0.4) is 0 Å². The molecular weight excluding hydrogens is 280 g/mol. The first-order valence-electron chi connectivity index (χ1n) is 7.14. The van der Waals surface area contributed by atoms with E-state index in [4.69, 9.17) is 0 Å². The lowest BCUT2D eigenvalue weighted by molar-refractivity contribution is 0.0982. The number of benzene rings is 1. The molecule has 0 bridgehead atoms. The molecule has 0 unspecified atom stereocenters. The molecule has 21 heavy (non-hydrogen) atoms. The maximum atomic E-state index is 12.0. The number of hydrogen-bond acceptors (Lipinski definition) is 3. The van der Waals surface area contributed by atoms with Crippen molar-refractivity contribution in [2.75, 3.05) is 0 Å². The highest BCUT2D eigenvalue weighted by Gasteiger charge is 2.08. The summed E-state index contributed by atoms with van der Waals surface area (Å²) in [4.78, 5) is 17.3. The first kappa shape index (κ1) is 14.0. The summed E-state index contributed by atoms with van der Waals surface area (Å²) >= 11 is 1.52. The molecule has 0 radical (unpaired) electrons. The highest BCUT2D eigenvalue weighted by Crippen LogP contribution is 2.19. The van der Waals surface area contributed by atoms with Crippen LogP contribution in [0.2, 0.25) is 0 Å². The highest BCUT2D eigenvalue weighted by molar-refractivity contribution is 7.12. The molecule has 2 aromatic heterocycles. The Morgan fingerprint density at radius 3 is 2.86 bits per heavy atom. The monoisotopic (exact) mass is 298 g/mol. The summed E-state index contributed by atoms with van der Waals surface area (Å²) in [5.41, 5.74) is 4.73. The molecule has 0 aliphatic carbocycles. The van der Waals surface area contributed by atoms with E-state index in [1.807, 2.05) is 23.8 Å². The minimum atomic E-state index is 0.237. The van der Waals surface area contributed by atoms with Crippen LogP contribution in [-0.4, -0.2) is 15.3 Å². The number of rotatable bonds is 5. The molecule has 2 heterocycles. The predicted octanol–water partition coefficient (Wildman–Crippen LogP) is 4.38. The number of fused-ring (bicyclic) bond motifs is 1. The van der Waals surface area contributed by atoms with Crippen molar-refractivity contribution in [3.05, 3.63) is 52.0 Å². The lowest BCUT2D eigenvalue weighted by Crippen LogP contribution is -2.01. The smallest absolute Gasteiger partial charge is 0.172 e. The van der Waals surface area contributed by atoms with E-state index in [2.05, 4.69) is 35.5 Å². The number of ketones is 1. The Kier molecular flexibility index (Phi) is 3.88. The van der Waals surface area contributed by atoms with Crippen molar-refractivity contribution in [2.24, 2.45) is 0 Å². The normalized spacial score (nSPS) is 11.1. The number of nitrogens with zero attached hydrogens (tertiary/aromatic N) is 2. The van der Waals surface area contributed by atoms with Crippen molar-refractivity contribution in [1.29, 1.82) is 0 Å². The molecule has 3 aromatic rings. The molecule has 0 N–H and O–H groups in total. The molecular formula is C17H18N2OS. The van der Waals surface area contributed by atoms with Crippen LogP contribution in [0.25, 0.3) is 11.0 Å². The van der Waals surface area contributed by atoms with E-state index >= 15 is 0 Å². The fourth-order valence-electron chi connectivity index (χ4n) is 2.46. The van der Waals surface area contributed by atoms with Gasteiger partial charge in [0.25, 0.3) is 0 Å². The van der Waals surface area contributed by atoms with E-state index in [-0.39, 0.29) is 5.78 Å².